The second-order valence-corrected chi connectivity index (χ2v) is 8.74. The third-order valence-corrected chi connectivity index (χ3v) is 6.31. The van der Waals surface area contributed by atoms with E-state index in [9.17, 15) is 9.59 Å². The van der Waals surface area contributed by atoms with E-state index in [-0.39, 0.29) is 5.56 Å². The van der Waals surface area contributed by atoms with Crippen molar-refractivity contribution in [1.82, 2.24) is 24.1 Å². The molecule has 4 heterocycles. The highest BCUT2D eigenvalue weighted by Gasteiger charge is 2.17. The Morgan fingerprint density at radius 3 is 2.41 bits per heavy atom. The van der Waals surface area contributed by atoms with Gasteiger partial charge in [-0.25, -0.2) is 15.0 Å². The molecule has 0 aliphatic heterocycles. The van der Waals surface area contributed by atoms with Crippen LogP contribution in [0.2, 0.25) is 0 Å². The summed E-state index contributed by atoms with van der Waals surface area (Å²) in [5.41, 5.74) is 2.02. The van der Waals surface area contributed by atoms with Crippen molar-refractivity contribution in [2.75, 3.05) is 12.4 Å². The van der Waals surface area contributed by atoms with Gasteiger partial charge in [-0.3, -0.25) is 9.59 Å². The van der Waals surface area contributed by atoms with Crippen LogP contribution < -0.4 is 20.2 Å². The predicted octanol–water partition coefficient (Wildman–Crippen LogP) is 4.72. The summed E-state index contributed by atoms with van der Waals surface area (Å²) >= 11 is 0. The first-order chi connectivity index (χ1) is 19.0. The number of nitrogens with one attached hydrogen (secondary N) is 1. The molecular formula is C29H22N6O4. The van der Waals surface area contributed by atoms with E-state index in [1.165, 1.54) is 12.5 Å². The number of pyridine rings is 2. The summed E-state index contributed by atoms with van der Waals surface area (Å²) in [4.78, 5) is 39.4. The van der Waals surface area contributed by atoms with Crippen LogP contribution in [0.15, 0.2) is 96.4 Å². The van der Waals surface area contributed by atoms with E-state index >= 15 is 0 Å². The van der Waals surface area contributed by atoms with Crippen LogP contribution in [0.1, 0.15) is 10.4 Å². The minimum absolute atomic E-state index is 0.0147. The molecule has 0 saturated heterocycles. The van der Waals surface area contributed by atoms with Crippen LogP contribution in [-0.2, 0) is 7.05 Å². The minimum Gasteiger partial charge on any atom is -0.497 e. The maximum atomic E-state index is 13.3. The number of aromatic nitrogens is 5. The number of aryl methyl sites for hydroxylation is 1. The number of hydrogen-bond acceptors (Lipinski definition) is 7. The molecule has 0 saturated carbocycles. The number of fused-ring (bicyclic) bond motifs is 2. The van der Waals surface area contributed by atoms with Crippen LogP contribution in [-0.4, -0.2) is 37.1 Å². The first kappa shape index (κ1) is 23.9. The predicted molar refractivity (Wildman–Crippen MR) is 147 cm³/mol. The number of amides is 1. The zero-order chi connectivity index (χ0) is 26.9. The minimum atomic E-state index is -0.538. The summed E-state index contributed by atoms with van der Waals surface area (Å²) in [5, 5.41) is 3.93. The standard InChI is InChI=1S/C29H22N6O4/c1-34-15-13-23-26(34)31-17-32-29(23)39-21-9-5-18(6-10-21)33-28(37)24-16-35(19-7-11-20(38-2)12-8-19)27-22(25(24)36)4-3-14-30-27/h3-17H,1-2H3,(H,33,37). The first-order valence-electron chi connectivity index (χ1n) is 12.0. The largest absolute Gasteiger partial charge is 0.497 e. The SMILES string of the molecule is COc1ccc(-n2cc(C(=O)Nc3ccc(Oc4ncnc5c4ccn5C)cc3)c(=O)c3cccnc32)cc1. The average Bonchev–Trinajstić information content (AvgIpc) is 3.36. The molecule has 0 aliphatic rings. The van der Waals surface area contributed by atoms with Crippen molar-refractivity contribution in [2.24, 2.45) is 7.05 Å². The van der Waals surface area contributed by atoms with Gasteiger partial charge in [0.25, 0.3) is 5.91 Å². The molecular weight excluding hydrogens is 496 g/mol. The van der Waals surface area contributed by atoms with Gasteiger partial charge in [0, 0.05) is 37.0 Å². The molecule has 0 radical (unpaired) electrons. The third-order valence-electron chi connectivity index (χ3n) is 6.31. The Morgan fingerprint density at radius 1 is 0.872 bits per heavy atom. The van der Waals surface area contributed by atoms with Crippen LogP contribution in [0.3, 0.4) is 0 Å². The van der Waals surface area contributed by atoms with Crippen LogP contribution in [0.25, 0.3) is 27.8 Å². The van der Waals surface area contributed by atoms with E-state index in [4.69, 9.17) is 9.47 Å². The van der Waals surface area contributed by atoms with Gasteiger partial charge in [0.2, 0.25) is 11.3 Å². The highest BCUT2D eigenvalue weighted by atomic mass is 16.5. The van der Waals surface area contributed by atoms with Gasteiger partial charge in [0.15, 0.2) is 0 Å². The summed E-state index contributed by atoms with van der Waals surface area (Å²) in [7, 11) is 3.48. The number of hydrogen-bond donors (Lipinski definition) is 1. The molecule has 0 unspecified atom stereocenters. The van der Waals surface area contributed by atoms with E-state index in [1.54, 1.807) is 66.4 Å². The van der Waals surface area contributed by atoms with E-state index in [2.05, 4.69) is 20.3 Å². The van der Waals surface area contributed by atoms with Gasteiger partial charge >= 0.3 is 0 Å². The van der Waals surface area contributed by atoms with Crippen LogP contribution >= 0.6 is 0 Å². The molecule has 1 N–H and O–H groups in total. The Morgan fingerprint density at radius 2 is 1.64 bits per heavy atom. The average molecular weight is 519 g/mol. The lowest BCUT2D eigenvalue weighted by Gasteiger charge is -2.13. The van der Waals surface area contributed by atoms with Crippen LogP contribution in [0.4, 0.5) is 5.69 Å². The van der Waals surface area contributed by atoms with Crippen molar-refractivity contribution < 1.29 is 14.3 Å². The van der Waals surface area contributed by atoms with E-state index in [1.807, 2.05) is 36.0 Å². The molecule has 10 nitrogen and oxygen atoms in total. The smallest absolute Gasteiger partial charge is 0.261 e. The number of carbonyl (C=O) groups is 1. The molecule has 4 aromatic heterocycles. The third kappa shape index (κ3) is 4.44. The van der Waals surface area contributed by atoms with E-state index in [0.717, 1.165) is 16.7 Å². The molecule has 2 aromatic carbocycles. The lowest BCUT2D eigenvalue weighted by molar-refractivity contribution is 0.102. The lowest BCUT2D eigenvalue weighted by atomic mass is 10.1. The Kier molecular flexibility index (Phi) is 5.96. The van der Waals surface area contributed by atoms with Crippen molar-refractivity contribution in [3.8, 4) is 23.1 Å². The van der Waals surface area contributed by atoms with Crippen LogP contribution in [0, 0.1) is 0 Å². The quantitative estimate of drug-likeness (QED) is 0.339. The molecule has 6 rings (SSSR count). The maximum absolute atomic E-state index is 13.3. The summed E-state index contributed by atoms with van der Waals surface area (Å²) in [6.45, 7) is 0. The Labute approximate surface area is 222 Å². The fraction of sp³-hybridized carbons (Fsp3) is 0.0690. The van der Waals surface area contributed by atoms with Gasteiger partial charge in [-0.15, -0.1) is 0 Å². The number of methoxy groups -OCH3 is 1. The van der Waals surface area contributed by atoms with Gasteiger partial charge in [0.1, 0.15) is 34.7 Å². The second kappa shape index (κ2) is 9.75. The lowest BCUT2D eigenvalue weighted by Crippen LogP contribution is -2.24. The maximum Gasteiger partial charge on any atom is 0.261 e. The molecule has 192 valence electrons. The summed E-state index contributed by atoms with van der Waals surface area (Å²) in [6, 6.07) is 19.3. The van der Waals surface area contributed by atoms with E-state index < -0.39 is 11.3 Å². The van der Waals surface area contributed by atoms with Crippen LogP contribution in [0.5, 0.6) is 17.4 Å². The van der Waals surface area contributed by atoms with Crippen molar-refractivity contribution >= 4 is 33.7 Å². The normalized spacial score (nSPS) is 11.0. The van der Waals surface area contributed by atoms with Crippen molar-refractivity contribution in [1.29, 1.82) is 0 Å². The fourth-order valence-electron chi connectivity index (χ4n) is 4.31. The Balaban J connectivity index is 1.28. The number of anilines is 1. The Hall–Kier alpha value is -5.51. The topological polar surface area (TPSA) is 113 Å². The number of ether oxygens (including phenoxy) is 2. The number of carbonyl (C=O) groups excluding carboxylic acids is 1. The zero-order valence-electron chi connectivity index (χ0n) is 21.0. The molecule has 1 amide bonds. The number of rotatable bonds is 6. The molecule has 39 heavy (non-hydrogen) atoms. The molecule has 0 bridgehead atoms. The summed E-state index contributed by atoms with van der Waals surface area (Å²) in [5.74, 6) is 1.12. The Bertz CT molecular complexity index is 1890. The molecule has 0 aliphatic carbocycles. The molecule has 6 aromatic rings. The van der Waals surface area contributed by atoms with Gasteiger partial charge in [-0.2, -0.15) is 0 Å². The highest BCUT2D eigenvalue weighted by Crippen LogP contribution is 2.28. The number of nitrogens with zero attached hydrogens (tertiary/aromatic N) is 5. The van der Waals surface area contributed by atoms with Gasteiger partial charge < -0.3 is 23.9 Å². The molecule has 0 spiro atoms. The molecule has 0 fully saturated rings. The molecule has 0 atom stereocenters. The van der Waals surface area contributed by atoms with Gasteiger partial charge in [-0.05, 0) is 66.7 Å². The first-order valence-corrected chi connectivity index (χ1v) is 12.0. The highest BCUT2D eigenvalue weighted by molar-refractivity contribution is 6.05. The van der Waals surface area contributed by atoms with Crippen molar-refractivity contribution in [2.45, 2.75) is 0 Å². The molecule has 10 heteroatoms. The van der Waals surface area contributed by atoms with Crippen molar-refractivity contribution in [3.05, 3.63) is 107 Å². The monoisotopic (exact) mass is 518 g/mol. The second-order valence-electron chi connectivity index (χ2n) is 8.74. The summed E-state index contributed by atoms with van der Waals surface area (Å²) < 4.78 is 14.8. The van der Waals surface area contributed by atoms with E-state index in [0.29, 0.717) is 34.1 Å². The zero-order valence-corrected chi connectivity index (χ0v) is 21.0. The summed E-state index contributed by atoms with van der Waals surface area (Å²) in [6.07, 6.45) is 6.45. The van der Waals surface area contributed by atoms with Crippen molar-refractivity contribution in [3.63, 3.8) is 0 Å². The number of benzene rings is 2. The fourth-order valence-corrected chi connectivity index (χ4v) is 4.31. The van der Waals surface area contributed by atoms with Gasteiger partial charge in [-0.1, -0.05) is 0 Å². The van der Waals surface area contributed by atoms with Gasteiger partial charge in [0.05, 0.1) is 17.9 Å².